The molecule has 3 aliphatic rings. The molecule has 0 saturated carbocycles. The Hall–Kier alpha value is -4.33. The first-order chi connectivity index (χ1) is 22.4. The summed E-state index contributed by atoms with van der Waals surface area (Å²) in [5, 5.41) is 23.3. The first-order valence-electron chi connectivity index (χ1n) is 14.9. The largest absolute Gasteiger partial charge is 0.465 e. The number of likely N-dealkylation sites (tertiary alicyclic amines) is 1. The van der Waals surface area contributed by atoms with Gasteiger partial charge in [-0.25, -0.2) is 28.3 Å². The number of hydrogen-bond acceptors (Lipinski definition) is 11. The number of hydrogen-bond donors (Lipinski definition) is 2. The van der Waals surface area contributed by atoms with E-state index >= 15 is 8.78 Å². The number of nitrogens with one attached hydrogen (secondary N) is 1. The van der Waals surface area contributed by atoms with Gasteiger partial charge in [0.2, 0.25) is 0 Å². The van der Waals surface area contributed by atoms with Crippen molar-refractivity contribution in [2.45, 2.75) is 70.2 Å². The van der Waals surface area contributed by atoms with Gasteiger partial charge in [-0.1, -0.05) is 18.7 Å². The van der Waals surface area contributed by atoms with Crippen molar-refractivity contribution in [1.82, 2.24) is 19.9 Å². The van der Waals surface area contributed by atoms with Gasteiger partial charge in [-0.05, 0) is 44.1 Å². The van der Waals surface area contributed by atoms with Crippen LogP contribution in [-0.2, 0) is 22.7 Å². The standard InChI is InChI=1S/C31H29F2N7O5S2/c1-5-46-28-36-24-21(26(37-28)40-13-6-14(40)10-39(9-13)30(42)43)17-12-44-11-16(17)19(22(24)33)23-20-15(7-34)27(38-29(41)45-31(2,3)4)47-25(20)18(32)8-35-23/h8,13-14H,5-6,9-12H2,1-4H3,(H,38,41)(H,42,43). The monoisotopic (exact) mass is 681 g/mol. The van der Waals surface area contributed by atoms with Crippen molar-refractivity contribution in [3.8, 4) is 17.3 Å². The van der Waals surface area contributed by atoms with E-state index in [1.807, 2.05) is 13.0 Å². The predicted molar refractivity (Wildman–Crippen MR) is 172 cm³/mol. The average molecular weight is 682 g/mol. The number of nitriles is 1. The number of piperazine rings is 1. The average Bonchev–Trinajstić information content (AvgIpc) is 3.63. The molecule has 3 aliphatic heterocycles. The molecule has 2 bridgehead atoms. The minimum Gasteiger partial charge on any atom is -0.465 e. The van der Waals surface area contributed by atoms with Crippen molar-refractivity contribution < 1.29 is 33.0 Å². The van der Waals surface area contributed by atoms with Crippen LogP contribution in [0.15, 0.2) is 11.4 Å². The number of thioether (sulfide) groups is 1. The number of thiophene rings is 1. The Labute approximate surface area is 275 Å². The number of nitrogens with zero attached hydrogens (tertiary/aromatic N) is 6. The number of fused-ring (bicyclic) bond motifs is 6. The molecule has 47 heavy (non-hydrogen) atoms. The maximum absolute atomic E-state index is 17.2. The number of pyridine rings is 1. The Balaban J connectivity index is 1.44. The molecule has 16 heteroatoms. The Morgan fingerprint density at radius 3 is 2.60 bits per heavy atom. The Bertz CT molecular complexity index is 2030. The summed E-state index contributed by atoms with van der Waals surface area (Å²) in [5.41, 5.74) is 0.324. The summed E-state index contributed by atoms with van der Waals surface area (Å²) in [5.74, 6) is -0.302. The van der Waals surface area contributed by atoms with Crippen LogP contribution in [0.1, 0.15) is 50.8 Å². The van der Waals surface area contributed by atoms with Crippen LogP contribution in [0.25, 0.3) is 32.2 Å². The smallest absolute Gasteiger partial charge is 0.412 e. The number of benzene rings is 1. The summed E-state index contributed by atoms with van der Waals surface area (Å²) >= 11 is 2.18. The Morgan fingerprint density at radius 1 is 1.21 bits per heavy atom. The number of carbonyl (C=O) groups is 2. The minimum atomic E-state index is -0.980. The molecule has 2 saturated heterocycles. The number of ether oxygens (including phenoxy) is 2. The van der Waals surface area contributed by atoms with Crippen molar-refractivity contribution in [1.29, 1.82) is 5.26 Å². The molecule has 6 heterocycles. The molecule has 3 aromatic heterocycles. The van der Waals surface area contributed by atoms with Crippen LogP contribution in [0.2, 0.25) is 0 Å². The van der Waals surface area contributed by atoms with E-state index in [9.17, 15) is 20.0 Å². The van der Waals surface area contributed by atoms with Crippen molar-refractivity contribution >= 4 is 67.1 Å². The summed E-state index contributed by atoms with van der Waals surface area (Å²) in [4.78, 5) is 41.6. The maximum atomic E-state index is 17.2. The number of aromatic nitrogens is 3. The highest BCUT2D eigenvalue weighted by molar-refractivity contribution is 7.99. The summed E-state index contributed by atoms with van der Waals surface area (Å²) in [6.45, 7) is 7.76. The SMILES string of the molecule is CCSc1nc(N2C3CC2CN(C(=O)O)C3)c2c3c(c(-c4ncc(F)c5sc(NC(=O)OC(C)(C)C)c(C#N)c45)c(F)c2n1)COC3. The molecule has 2 fully saturated rings. The lowest BCUT2D eigenvalue weighted by Gasteiger charge is -2.56. The lowest BCUT2D eigenvalue weighted by Crippen LogP contribution is -2.70. The molecule has 7 rings (SSSR count). The van der Waals surface area contributed by atoms with E-state index in [0.717, 1.165) is 24.0 Å². The van der Waals surface area contributed by atoms with Crippen LogP contribution >= 0.6 is 23.1 Å². The highest BCUT2D eigenvalue weighted by Crippen LogP contribution is 2.49. The second-order valence-corrected chi connectivity index (χ2v) is 14.7. The van der Waals surface area contributed by atoms with Crippen molar-refractivity contribution in [3.05, 3.63) is 34.5 Å². The number of rotatable bonds is 5. The quantitative estimate of drug-likeness (QED) is 0.176. The number of anilines is 2. The van der Waals surface area contributed by atoms with E-state index in [-0.39, 0.29) is 62.7 Å². The second-order valence-electron chi connectivity index (χ2n) is 12.5. The number of piperidine rings is 1. The molecular formula is C31H29F2N7O5S2. The van der Waals surface area contributed by atoms with Gasteiger partial charge in [-0.15, -0.1) is 11.3 Å². The van der Waals surface area contributed by atoms with Crippen molar-refractivity contribution in [2.75, 3.05) is 29.1 Å². The number of halogens is 2. The molecule has 2 N–H and O–H groups in total. The molecule has 2 amide bonds. The fourth-order valence-corrected chi connectivity index (χ4v) is 8.19. The minimum absolute atomic E-state index is 0.0202. The molecule has 2 atom stereocenters. The number of amides is 2. The van der Waals surface area contributed by atoms with Gasteiger partial charge < -0.3 is 24.4 Å². The lowest BCUT2D eigenvalue weighted by atomic mass is 9.86. The fourth-order valence-electron chi connectivity index (χ4n) is 6.58. The van der Waals surface area contributed by atoms with Crippen LogP contribution in [0.3, 0.4) is 0 Å². The summed E-state index contributed by atoms with van der Waals surface area (Å²) < 4.78 is 43.7. The second kappa shape index (κ2) is 11.4. The molecule has 0 radical (unpaired) electrons. The Morgan fingerprint density at radius 2 is 1.94 bits per heavy atom. The summed E-state index contributed by atoms with van der Waals surface area (Å²) in [6, 6.07) is 1.80. The van der Waals surface area contributed by atoms with Crippen LogP contribution in [0, 0.1) is 23.0 Å². The normalized spacial score (nSPS) is 18.7. The number of carboxylic acid groups (broad SMARTS) is 1. The predicted octanol–water partition coefficient (Wildman–Crippen LogP) is 6.49. The van der Waals surface area contributed by atoms with Gasteiger partial charge in [-0.2, -0.15) is 5.26 Å². The van der Waals surface area contributed by atoms with Crippen LogP contribution < -0.4 is 10.2 Å². The van der Waals surface area contributed by atoms with E-state index in [0.29, 0.717) is 46.3 Å². The van der Waals surface area contributed by atoms with Crippen molar-refractivity contribution in [2.24, 2.45) is 0 Å². The molecule has 12 nitrogen and oxygen atoms in total. The molecular weight excluding hydrogens is 653 g/mol. The van der Waals surface area contributed by atoms with Gasteiger partial charge in [0.25, 0.3) is 0 Å². The molecule has 2 unspecified atom stereocenters. The van der Waals surface area contributed by atoms with E-state index < -0.39 is 29.4 Å². The molecule has 0 aliphatic carbocycles. The lowest BCUT2D eigenvalue weighted by molar-refractivity contribution is 0.0636. The number of carbonyl (C=O) groups excluding carboxylic acids is 1. The zero-order valence-corrected chi connectivity index (χ0v) is 27.4. The van der Waals surface area contributed by atoms with Gasteiger partial charge in [0.05, 0.1) is 52.8 Å². The summed E-state index contributed by atoms with van der Waals surface area (Å²) in [7, 11) is 0. The third-order valence-corrected chi connectivity index (χ3v) is 10.2. The highest BCUT2D eigenvalue weighted by atomic mass is 32.2. The topological polar surface area (TPSA) is 154 Å². The van der Waals surface area contributed by atoms with Gasteiger partial charge in [-0.3, -0.25) is 10.3 Å². The fraction of sp³-hybridized carbons (Fsp3) is 0.419. The van der Waals surface area contributed by atoms with E-state index in [1.54, 1.807) is 20.8 Å². The van der Waals surface area contributed by atoms with E-state index in [2.05, 4.69) is 20.2 Å². The van der Waals surface area contributed by atoms with E-state index in [4.69, 9.17) is 14.5 Å². The first kappa shape index (κ1) is 31.3. The molecule has 1 aromatic carbocycles. The van der Waals surface area contributed by atoms with Crippen LogP contribution in [-0.4, -0.2) is 73.7 Å². The maximum Gasteiger partial charge on any atom is 0.412 e. The van der Waals surface area contributed by atoms with Gasteiger partial charge in [0.15, 0.2) is 16.8 Å². The van der Waals surface area contributed by atoms with Crippen LogP contribution in [0.4, 0.5) is 29.2 Å². The zero-order chi connectivity index (χ0) is 33.4. The third kappa shape index (κ3) is 5.17. The van der Waals surface area contributed by atoms with E-state index in [1.165, 1.54) is 16.7 Å². The van der Waals surface area contributed by atoms with Gasteiger partial charge in [0.1, 0.15) is 28.0 Å². The van der Waals surface area contributed by atoms with Gasteiger partial charge >= 0.3 is 12.2 Å². The summed E-state index contributed by atoms with van der Waals surface area (Å²) in [6.07, 6.45) is -0.0461. The van der Waals surface area contributed by atoms with Gasteiger partial charge in [0, 0.05) is 24.0 Å². The Kier molecular flexibility index (Phi) is 7.60. The highest BCUT2D eigenvalue weighted by Gasteiger charge is 2.48. The first-order valence-corrected chi connectivity index (χ1v) is 16.7. The third-order valence-electron chi connectivity index (χ3n) is 8.37. The molecule has 4 aromatic rings. The van der Waals surface area contributed by atoms with Crippen LogP contribution in [0.5, 0.6) is 0 Å². The molecule has 0 spiro atoms. The van der Waals surface area contributed by atoms with Crippen molar-refractivity contribution in [3.63, 3.8) is 0 Å². The molecule has 244 valence electrons. The zero-order valence-electron chi connectivity index (χ0n) is 25.8.